The van der Waals surface area contributed by atoms with Crippen LogP contribution in [0.5, 0.6) is 5.75 Å². The van der Waals surface area contributed by atoms with Gasteiger partial charge in [-0.15, -0.1) is 11.3 Å². The van der Waals surface area contributed by atoms with Gasteiger partial charge in [0.25, 0.3) is 5.91 Å². The molecule has 0 aliphatic heterocycles. The molecule has 1 aromatic heterocycles. The molecule has 0 bridgehead atoms. The first-order valence-electron chi connectivity index (χ1n) is 6.74. The van der Waals surface area contributed by atoms with Crippen LogP contribution in [0.3, 0.4) is 0 Å². The van der Waals surface area contributed by atoms with Gasteiger partial charge in [0.15, 0.2) is 6.61 Å². The van der Waals surface area contributed by atoms with E-state index in [1.807, 2.05) is 48.7 Å². The Hall–Kier alpha value is -1.81. The molecular weight excluding hydrogens is 270 g/mol. The van der Waals surface area contributed by atoms with E-state index in [0.717, 1.165) is 22.6 Å². The summed E-state index contributed by atoms with van der Waals surface area (Å²) < 4.78 is 5.60. The zero-order valence-electron chi connectivity index (χ0n) is 11.8. The molecule has 2 aromatic rings. The minimum atomic E-state index is -0.100. The highest BCUT2D eigenvalue weighted by molar-refractivity contribution is 7.10. The van der Waals surface area contributed by atoms with E-state index in [9.17, 15) is 4.79 Å². The lowest BCUT2D eigenvalue weighted by molar-refractivity contribution is -0.123. The zero-order chi connectivity index (χ0) is 14.4. The third-order valence-corrected chi connectivity index (χ3v) is 4.11. The van der Waals surface area contributed by atoms with Crippen molar-refractivity contribution in [2.24, 2.45) is 0 Å². The molecule has 106 valence electrons. The number of carbonyl (C=O) groups excluding carboxylic acids is 1. The summed E-state index contributed by atoms with van der Waals surface area (Å²) in [4.78, 5) is 13.0. The third-order valence-electron chi connectivity index (χ3n) is 3.06. The second-order valence-electron chi connectivity index (χ2n) is 4.55. The van der Waals surface area contributed by atoms with Crippen LogP contribution in [0.25, 0.3) is 0 Å². The van der Waals surface area contributed by atoms with Crippen LogP contribution in [0.1, 0.15) is 30.3 Å². The van der Waals surface area contributed by atoms with Crippen LogP contribution >= 0.6 is 11.3 Å². The van der Waals surface area contributed by atoms with Gasteiger partial charge in [-0.3, -0.25) is 4.79 Å². The first-order chi connectivity index (χ1) is 9.70. The molecule has 1 unspecified atom stereocenters. The maximum atomic E-state index is 11.9. The van der Waals surface area contributed by atoms with Crippen LogP contribution in [0.2, 0.25) is 0 Å². The van der Waals surface area contributed by atoms with Gasteiger partial charge in [-0.05, 0) is 36.4 Å². The summed E-state index contributed by atoms with van der Waals surface area (Å²) in [5.41, 5.74) is 1.12. The van der Waals surface area contributed by atoms with E-state index < -0.39 is 0 Å². The molecule has 0 fully saturated rings. The second kappa shape index (κ2) is 7.10. The summed E-state index contributed by atoms with van der Waals surface area (Å²) in [5, 5.41) is 4.94. The predicted octanol–water partition coefficient (Wildman–Crippen LogP) is 3.57. The summed E-state index contributed by atoms with van der Waals surface area (Å²) in [6, 6.07) is 11.8. The smallest absolute Gasteiger partial charge is 0.258 e. The molecular formula is C16H19NO2S. The average Bonchev–Trinajstić information content (AvgIpc) is 2.99. The van der Waals surface area contributed by atoms with Gasteiger partial charge in [0.2, 0.25) is 0 Å². The lowest BCUT2D eigenvalue weighted by atomic mass is 10.1. The molecule has 0 aliphatic rings. The Labute approximate surface area is 123 Å². The van der Waals surface area contributed by atoms with Crippen LogP contribution in [-0.4, -0.2) is 12.5 Å². The van der Waals surface area contributed by atoms with Crippen molar-refractivity contribution in [3.05, 3.63) is 52.2 Å². The molecule has 3 nitrogen and oxygen atoms in total. The summed E-state index contributed by atoms with van der Waals surface area (Å²) in [6.07, 6.45) is 0.892. The van der Waals surface area contributed by atoms with Crippen molar-refractivity contribution >= 4 is 17.2 Å². The highest BCUT2D eigenvalue weighted by atomic mass is 32.1. The van der Waals surface area contributed by atoms with Crippen molar-refractivity contribution in [3.8, 4) is 5.75 Å². The maximum Gasteiger partial charge on any atom is 0.258 e. The van der Waals surface area contributed by atoms with Gasteiger partial charge in [-0.1, -0.05) is 31.2 Å². The molecule has 1 atom stereocenters. The average molecular weight is 289 g/mol. The molecule has 0 saturated carbocycles. The van der Waals surface area contributed by atoms with Gasteiger partial charge >= 0.3 is 0 Å². The number of carbonyl (C=O) groups is 1. The summed E-state index contributed by atoms with van der Waals surface area (Å²) >= 11 is 1.64. The number of hydrogen-bond acceptors (Lipinski definition) is 3. The van der Waals surface area contributed by atoms with Gasteiger partial charge in [0, 0.05) is 4.88 Å². The molecule has 2 rings (SSSR count). The van der Waals surface area contributed by atoms with E-state index in [-0.39, 0.29) is 18.6 Å². The molecule has 0 aliphatic carbocycles. The van der Waals surface area contributed by atoms with E-state index in [1.54, 1.807) is 11.3 Å². The highest BCUT2D eigenvalue weighted by Crippen LogP contribution is 2.19. The molecule has 20 heavy (non-hydrogen) atoms. The van der Waals surface area contributed by atoms with Gasteiger partial charge in [0.1, 0.15) is 5.75 Å². The van der Waals surface area contributed by atoms with Crippen LogP contribution in [0, 0.1) is 0 Å². The standard InChI is InChI=1S/C16H19NO2S/c1-3-13-7-4-5-8-14(13)19-11-16(18)17-12(2)15-9-6-10-20-15/h4-10,12H,3,11H2,1-2H3,(H,17,18). The summed E-state index contributed by atoms with van der Waals surface area (Å²) in [7, 11) is 0. The molecule has 0 spiro atoms. The highest BCUT2D eigenvalue weighted by Gasteiger charge is 2.11. The van der Waals surface area contributed by atoms with Crippen LogP contribution in [-0.2, 0) is 11.2 Å². The fourth-order valence-corrected chi connectivity index (χ4v) is 2.71. The minimum absolute atomic E-state index is 0.0209. The van der Waals surface area contributed by atoms with Crippen molar-refractivity contribution in [3.63, 3.8) is 0 Å². The monoisotopic (exact) mass is 289 g/mol. The van der Waals surface area contributed by atoms with Crippen LogP contribution < -0.4 is 10.1 Å². The molecule has 1 N–H and O–H groups in total. The SMILES string of the molecule is CCc1ccccc1OCC(=O)NC(C)c1cccs1. The Morgan fingerprint density at radius 3 is 2.80 bits per heavy atom. The Morgan fingerprint density at radius 1 is 1.30 bits per heavy atom. The largest absolute Gasteiger partial charge is 0.483 e. The second-order valence-corrected chi connectivity index (χ2v) is 5.53. The summed E-state index contributed by atoms with van der Waals surface area (Å²) in [5.74, 6) is 0.686. The van der Waals surface area contributed by atoms with E-state index >= 15 is 0 Å². The first-order valence-corrected chi connectivity index (χ1v) is 7.62. The fraction of sp³-hybridized carbons (Fsp3) is 0.312. The van der Waals surface area contributed by atoms with E-state index in [2.05, 4.69) is 12.2 Å². The number of para-hydroxylation sites is 1. The van der Waals surface area contributed by atoms with E-state index in [4.69, 9.17) is 4.74 Å². The number of ether oxygens (including phenoxy) is 1. The minimum Gasteiger partial charge on any atom is -0.483 e. The van der Waals surface area contributed by atoms with Gasteiger partial charge in [0.05, 0.1) is 6.04 Å². The number of hydrogen-bond donors (Lipinski definition) is 1. The predicted molar refractivity (Wildman–Crippen MR) is 82.2 cm³/mol. The number of amides is 1. The molecule has 1 aromatic carbocycles. The molecule has 1 heterocycles. The molecule has 0 radical (unpaired) electrons. The Bertz CT molecular complexity index is 551. The number of benzene rings is 1. The van der Waals surface area contributed by atoms with Crippen molar-refractivity contribution < 1.29 is 9.53 Å². The van der Waals surface area contributed by atoms with Gasteiger partial charge < -0.3 is 10.1 Å². The third kappa shape index (κ3) is 3.84. The van der Waals surface area contributed by atoms with Crippen molar-refractivity contribution in [1.82, 2.24) is 5.32 Å². The normalized spacial score (nSPS) is 11.9. The molecule has 0 saturated heterocycles. The van der Waals surface area contributed by atoms with Crippen molar-refractivity contribution in [1.29, 1.82) is 0 Å². The van der Waals surface area contributed by atoms with Gasteiger partial charge in [-0.25, -0.2) is 0 Å². The number of rotatable bonds is 6. The summed E-state index contributed by atoms with van der Waals surface area (Å²) in [6.45, 7) is 4.09. The quantitative estimate of drug-likeness (QED) is 0.883. The molecule has 1 amide bonds. The van der Waals surface area contributed by atoms with Crippen LogP contribution in [0.15, 0.2) is 41.8 Å². The van der Waals surface area contributed by atoms with E-state index in [1.165, 1.54) is 0 Å². The molecule has 4 heteroatoms. The first kappa shape index (κ1) is 14.6. The number of aryl methyl sites for hydroxylation is 1. The maximum absolute atomic E-state index is 11.9. The van der Waals surface area contributed by atoms with Crippen molar-refractivity contribution in [2.75, 3.05) is 6.61 Å². The fourth-order valence-electron chi connectivity index (χ4n) is 1.97. The van der Waals surface area contributed by atoms with E-state index in [0.29, 0.717) is 0 Å². The van der Waals surface area contributed by atoms with Gasteiger partial charge in [-0.2, -0.15) is 0 Å². The topological polar surface area (TPSA) is 38.3 Å². The zero-order valence-corrected chi connectivity index (χ0v) is 12.6. The van der Waals surface area contributed by atoms with Crippen molar-refractivity contribution in [2.45, 2.75) is 26.3 Å². The number of thiophene rings is 1. The Kier molecular flexibility index (Phi) is 5.18. The Balaban J connectivity index is 1.86. The Morgan fingerprint density at radius 2 is 2.10 bits per heavy atom. The lowest BCUT2D eigenvalue weighted by Crippen LogP contribution is -2.31. The lowest BCUT2D eigenvalue weighted by Gasteiger charge is -2.14. The number of nitrogens with one attached hydrogen (secondary N) is 1. The van der Waals surface area contributed by atoms with Crippen LogP contribution in [0.4, 0.5) is 0 Å².